The minimum absolute atomic E-state index is 0.482. The van der Waals surface area contributed by atoms with Crippen molar-refractivity contribution in [3.63, 3.8) is 0 Å². The maximum absolute atomic E-state index is 5.57. The first-order valence-corrected chi connectivity index (χ1v) is 5.20. The van der Waals surface area contributed by atoms with Gasteiger partial charge >= 0.3 is 0 Å². The Morgan fingerprint density at radius 2 is 2.08 bits per heavy atom. The zero-order chi connectivity index (χ0) is 8.97. The standard InChI is InChI=1S/C10H22N2/c1-8-5-3-4-6-10(8)12-9(2)7-11/h8-10,12H,3-7,11H2,1-2H3. The fourth-order valence-corrected chi connectivity index (χ4v) is 2.00. The first-order chi connectivity index (χ1) is 5.74. The fourth-order valence-electron chi connectivity index (χ4n) is 2.00. The topological polar surface area (TPSA) is 38.0 Å². The molecule has 0 bridgehead atoms. The molecule has 0 spiro atoms. The smallest absolute Gasteiger partial charge is 0.0164 e. The molecule has 0 heterocycles. The Morgan fingerprint density at radius 3 is 2.67 bits per heavy atom. The van der Waals surface area contributed by atoms with Gasteiger partial charge in [0.1, 0.15) is 0 Å². The van der Waals surface area contributed by atoms with E-state index < -0.39 is 0 Å². The lowest BCUT2D eigenvalue weighted by atomic mass is 9.85. The van der Waals surface area contributed by atoms with Gasteiger partial charge in [-0.05, 0) is 25.7 Å². The van der Waals surface area contributed by atoms with Crippen LogP contribution in [0.3, 0.4) is 0 Å². The molecule has 0 aromatic heterocycles. The summed E-state index contributed by atoms with van der Waals surface area (Å²) in [7, 11) is 0. The molecule has 2 heteroatoms. The van der Waals surface area contributed by atoms with E-state index in [1.165, 1.54) is 25.7 Å². The van der Waals surface area contributed by atoms with Gasteiger partial charge in [0.2, 0.25) is 0 Å². The van der Waals surface area contributed by atoms with Crippen molar-refractivity contribution < 1.29 is 0 Å². The van der Waals surface area contributed by atoms with E-state index >= 15 is 0 Å². The van der Waals surface area contributed by atoms with Crippen LogP contribution in [0.5, 0.6) is 0 Å². The van der Waals surface area contributed by atoms with Crippen molar-refractivity contribution in [3.8, 4) is 0 Å². The van der Waals surface area contributed by atoms with Crippen LogP contribution < -0.4 is 11.1 Å². The molecule has 0 aliphatic heterocycles. The second-order valence-electron chi connectivity index (χ2n) is 4.17. The Kier molecular flexibility index (Phi) is 4.02. The Hall–Kier alpha value is -0.0800. The van der Waals surface area contributed by atoms with Crippen LogP contribution in [-0.2, 0) is 0 Å². The van der Waals surface area contributed by atoms with E-state index in [1.807, 2.05) is 0 Å². The highest BCUT2D eigenvalue weighted by atomic mass is 15.0. The van der Waals surface area contributed by atoms with Crippen molar-refractivity contribution >= 4 is 0 Å². The largest absolute Gasteiger partial charge is 0.329 e. The van der Waals surface area contributed by atoms with Crippen LogP contribution in [0.15, 0.2) is 0 Å². The molecule has 3 N–H and O–H groups in total. The normalized spacial score (nSPS) is 33.2. The summed E-state index contributed by atoms with van der Waals surface area (Å²) in [6, 6.07) is 1.20. The lowest BCUT2D eigenvalue weighted by Crippen LogP contribution is -2.45. The lowest BCUT2D eigenvalue weighted by Gasteiger charge is -2.31. The van der Waals surface area contributed by atoms with Crippen LogP contribution in [0.1, 0.15) is 39.5 Å². The van der Waals surface area contributed by atoms with Gasteiger partial charge in [-0.15, -0.1) is 0 Å². The molecule has 1 saturated carbocycles. The van der Waals surface area contributed by atoms with Crippen molar-refractivity contribution in [2.24, 2.45) is 11.7 Å². The van der Waals surface area contributed by atoms with Gasteiger partial charge in [-0.2, -0.15) is 0 Å². The van der Waals surface area contributed by atoms with Crippen LogP contribution in [0.25, 0.3) is 0 Å². The van der Waals surface area contributed by atoms with Gasteiger partial charge in [0.15, 0.2) is 0 Å². The molecule has 0 amide bonds. The lowest BCUT2D eigenvalue weighted by molar-refractivity contribution is 0.264. The van der Waals surface area contributed by atoms with E-state index in [2.05, 4.69) is 19.2 Å². The molecular weight excluding hydrogens is 148 g/mol. The second-order valence-corrected chi connectivity index (χ2v) is 4.17. The highest BCUT2D eigenvalue weighted by Crippen LogP contribution is 2.23. The number of nitrogens with two attached hydrogens (primary N) is 1. The first kappa shape index (κ1) is 10.0. The van der Waals surface area contributed by atoms with Crippen LogP contribution in [0.4, 0.5) is 0 Å². The summed E-state index contributed by atoms with van der Waals surface area (Å²) in [6.07, 6.45) is 5.52. The Balaban J connectivity index is 2.28. The minimum Gasteiger partial charge on any atom is -0.329 e. The quantitative estimate of drug-likeness (QED) is 0.673. The van der Waals surface area contributed by atoms with Crippen molar-refractivity contribution in [1.29, 1.82) is 0 Å². The van der Waals surface area contributed by atoms with Crippen LogP contribution in [0, 0.1) is 5.92 Å². The minimum atomic E-state index is 0.482. The summed E-state index contributed by atoms with van der Waals surface area (Å²) in [4.78, 5) is 0. The van der Waals surface area contributed by atoms with Gasteiger partial charge in [0.25, 0.3) is 0 Å². The predicted molar refractivity (Wildman–Crippen MR) is 53.1 cm³/mol. The van der Waals surface area contributed by atoms with Gasteiger partial charge in [-0.25, -0.2) is 0 Å². The molecule has 0 aromatic rings. The van der Waals surface area contributed by atoms with Gasteiger partial charge in [0.05, 0.1) is 0 Å². The zero-order valence-corrected chi connectivity index (χ0v) is 8.34. The molecule has 2 nitrogen and oxygen atoms in total. The molecule has 1 fully saturated rings. The molecule has 3 atom stereocenters. The van der Waals surface area contributed by atoms with Gasteiger partial charge in [-0.3, -0.25) is 0 Å². The third kappa shape index (κ3) is 2.76. The number of rotatable bonds is 3. The second kappa shape index (κ2) is 4.83. The number of hydrogen-bond acceptors (Lipinski definition) is 2. The Morgan fingerprint density at radius 1 is 1.42 bits per heavy atom. The molecule has 12 heavy (non-hydrogen) atoms. The summed E-state index contributed by atoms with van der Waals surface area (Å²) in [5.41, 5.74) is 5.57. The van der Waals surface area contributed by atoms with E-state index in [4.69, 9.17) is 5.73 Å². The number of hydrogen-bond donors (Lipinski definition) is 2. The highest BCUT2D eigenvalue weighted by Gasteiger charge is 2.21. The van der Waals surface area contributed by atoms with Crippen molar-refractivity contribution in [2.45, 2.75) is 51.6 Å². The molecule has 3 unspecified atom stereocenters. The van der Waals surface area contributed by atoms with Gasteiger partial charge in [-0.1, -0.05) is 19.8 Å². The van der Waals surface area contributed by atoms with E-state index in [9.17, 15) is 0 Å². The molecule has 1 aliphatic carbocycles. The third-order valence-corrected chi connectivity index (χ3v) is 2.96. The summed E-state index contributed by atoms with van der Waals surface area (Å²) in [6.45, 7) is 5.27. The highest BCUT2D eigenvalue weighted by molar-refractivity contribution is 4.80. The third-order valence-electron chi connectivity index (χ3n) is 2.96. The van der Waals surface area contributed by atoms with E-state index in [0.717, 1.165) is 18.5 Å². The van der Waals surface area contributed by atoms with Gasteiger partial charge in [0, 0.05) is 18.6 Å². The predicted octanol–water partition coefficient (Wildman–Crippen LogP) is 1.50. The summed E-state index contributed by atoms with van der Waals surface area (Å²) in [5.74, 6) is 0.841. The van der Waals surface area contributed by atoms with E-state index in [-0.39, 0.29) is 0 Å². The van der Waals surface area contributed by atoms with Crippen LogP contribution in [-0.4, -0.2) is 18.6 Å². The zero-order valence-electron chi connectivity index (χ0n) is 8.34. The number of nitrogens with one attached hydrogen (secondary N) is 1. The van der Waals surface area contributed by atoms with Gasteiger partial charge < -0.3 is 11.1 Å². The van der Waals surface area contributed by atoms with Crippen LogP contribution >= 0.6 is 0 Å². The van der Waals surface area contributed by atoms with E-state index in [0.29, 0.717) is 6.04 Å². The summed E-state index contributed by atoms with van der Waals surface area (Å²) in [5, 5.41) is 3.59. The summed E-state index contributed by atoms with van der Waals surface area (Å²) < 4.78 is 0. The molecule has 1 rings (SSSR count). The molecule has 0 saturated heterocycles. The summed E-state index contributed by atoms with van der Waals surface area (Å²) >= 11 is 0. The molecule has 0 aromatic carbocycles. The maximum Gasteiger partial charge on any atom is 0.0164 e. The SMILES string of the molecule is CC(CN)NC1CCCCC1C. The molecule has 1 aliphatic rings. The molecule has 72 valence electrons. The average Bonchev–Trinajstić information content (AvgIpc) is 2.09. The Bertz CT molecular complexity index is 125. The first-order valence-electron chi connectivity index (χ1n) is 5.20. The van der Waals surface area contributed by atoms with Crippen LogP contribution in [0.2, 0.25) is 0 Å². The van der Waals surface area contributed by atoms with Crippen molar-refractivity contribution in [2.75, 3.05) is 6.54 Å². The van der Waals surface area contributed by atoms with Crippen molar-refractivity contribution in [1.82, 2.24) is 5.32 Å². The van der Waals surface area contributed by atoms with Crippen molar-refractivity contribution in [3.05, 3.63) is 0 Å². The average molecular weight is 170 g/mol. The molecular formula is C10H22N2. The monoisotopic (exact) mass is 170 g/mol. The maximum atomic E-state index is 5.57. The molecule has 0 radical (unpaired) electrons. The fraction of sp³-hybridized carbons (Fsp3) is 1.00. The Labute approximate surface area is 75.9 Å². The van der Waals surface area contributed by atoms with E-state index in [1.54, 1.807) is 0 Å².